The number of aromatic nitrogens is 2. The van der Waals surface area contributed by atoms with Gasteiger partial charge in [0.2, 0.25) is 0 Å². The third kappa shape index (κ3) is 1.07. The summed E-state index contributed by atoms with van der Waals surface area (Å²) in [6, 6.07) is 5.83. The molecule has 11 heavy (non-hydrogen) atoms. The first-order valence-corrected chi connectivity index (χ1v) is 3.46. The number of aryl methyl sites for hydroxylation is 1. The molecule has 0 unspecified atom stereocenters. The largest absolute Gasteiger partial charge is 0.253 e. The molecule has 2 nitrogen and oxygen atoms in total. The van der Waals surface area contributed by atoms with Gasteiger partial charge in [0.25, 0.3) is 0 Å². The van der Waals surface area contributed by atoms with Gasteiger partial charge in [-0.3, -0.25) is 9.97 Å². The number of hydrogen-bond donors (Lipinski definition) is 0. The average Bonchev–Trinajstić information content (AvgIpc) is 2.03. The van der Waals surface area contributed by atoms with E-state index in [1.807, 2.05) is 25.1 Å². The van der Waals surface area contributed by atoms with Crippen molar-refractivity contribution in [2.75, 3.05) is 0 Å². The average molecular weight is 145 g/mol. The van der Waals surface area contributed by atoms with E-state index in [-0.39, 0.29) is 6.17 Å². The zero-order valence-electron chi connectivity index (χ0n) is 7.20. The SMILES string of the molecule is [2H]c1cnc2ccc(C)cc2n1. The van der Waals surface area contributed by atoms with E-state index >= 15 is 0 Å². The predicted molar refractivity (Wildman–Crippen MR) is 44.3 cm³/mol. The van der Waals surface area contributed by atoms with Crippen LogP contribution in [0.3, 0.4) is 0 Å². The van der Waals surface area contributed by atoms with E-state index in [4.69, 9.17) is 1.37 Å². The highest BCUT2D eigenvalue weighted by molar-refractivity contribution is 5.74. The molecule has 54 valence electrons. The first-order valence-electron chi connectivity index (χ1n) is 3.96. The first kappa shape index (κ1) is 5.24. The van der Waals surface area contributed by atoms with Crippen LogP contribution in [0.4, 0.5) is 0 Å². The Morgan fingerprint density at radius 2 is 2.18 bits per heavy atom. The molecule has 1 aromatic carbocycles. The van der Waals surface area contributed by atoms with E-state index in [9.17, 15) is 0 Å². The smallest absolute Gasteiger partial charge is 0.0889 e. The van der Waals surface area contributed by atoms with E-state index in [0.717, 1.165) is 16.6 Å². The van der Waals surface area contributed by atoms with E-state index < -0.39 is 0 Å². The van der Waals surface area contributed by atoms with Crippen LogP contribution in [0.5, 0.6) is 0 Å². The van der Waals surface area contributed by atoms with Crippen molar-refractivity contribution in [3.8, 4) is 0 Å². The van der Waals surface area contributed by atoms with Crippen molar-refractivity contribution in [2.45, 2.75) is 6.92 Å². The van der Waals surface area contributed by atoms with Gasteiger partial charge in [0, 0.05) is 12.4 Å². The molecule has 1 heterocycles. The minimum atomic E-state index is 0.216. The normalized spacial score (nSPS) is 11.5. The Bertz CT molecular complexity index is 389. The molecule has 0 bridgehead atoms. The summed E-state index contributed by atoms with van der Waals surface area (Å²) in [5.41, 5.74) is 2.78. The van der Waals surface area contributed by atoms with E-state index in [1.54, 1.807) is 0 Å². The lowest BCUT2D eigenvalue weighted by Crippen LogP contribution is -1.81. The first-order chi connectivity index (χ1) is 5.75. The molecular weight excluding hydrogens is 136 g/mol. The van der Waals surface area contributed by atoms with Crippen LogP contribution in [0.25, 0.3) is 11.0 Å². The highest BCUT2D eigenvalue weighted by atomic mass is 14.8. The monoisotopic (exact) mass is 145 g/mol. The molecule has 2 heteroatoms. The summed E-state index contributed by atoms with van der Waals surface area (Å²) in [5.74, 6) is 0. The Balaban J connectivity index is 2.80. The van der Waals surface area contributed by atoms with Crippen LogP contribution >= 0.6 is 0 Å². The van der Waals surface area contributed by atoms with Gasteiger partial charge < -0.3 is 0 Å². The molecule has 0 aliphatic carbocycles. The molecule has 0 atom stereocenters. The van der Waals surface area contributed by atoms with Crippen molar-refractivity contribution in [2.24, 2.45) is 0 Å². The Kier molecular flexibility index (Phi) is 1.10. The van der Waals surface area contributed by atoms with Gasteiger partial charge in [-0.15, -0.1) is 0 Å². The van der Waals surface area contributed by atoms with Crippen molar-refractivity contribution in [1.82, 2.24) is 9.97 Å². The molecule has 0 saturated heterocycles. The molecule has 0 fully saturated rings. The molecule has 1 aromatic heterocycles. The number of rotatable bonds is 0. The summed E-state index contributed by atoms with van der Waals surface area (Å²) >= 11 is 0. The second kappa shape index (κ2) is 2.31. The second-order valence-corrected chi connectivity index (χ2v) is 2.49. The summed E-state index contributed by atoms with van der Waals surface area (Å²) in [4.78, 5) is 8.11. The second-order valence-electron chi connectivity index (χ2n) is 2.49. The molecule has 0 aliphatic rings. The maximum Gasteiger partial charge on any atom is 0.0889 e. The van der Waals surface area contributed by atoms with Gasteiger partial charge in [0.05, 0.1) is 12.4 Å². The van der Waals surface area contributed by atoms with Gasteiger partial charge in [-0.1, -0.05) is 6.07 Å². The Morgan fingerprint density at radius 1 is 1.27 bits per heavy atom. The predicted octanol–water partition coefficient (Wildman–Crippen LogP) is 1.94. The highest BCUT2D eigenvalue weighted by Crippen LogP contribution is 2.08. The molecular formula is C9H8N2. The summed E-state index contributed by atoms with van der Waals surface area (Å²) in [6.45, 7) is 2.00. The fourth-order valence-corrected chi connectivity index (χ4v) is 1.03. The van der Waals surface area contributed by atoms with Gasteiger partial charge in [-0.25, -0.2) is 0 Å². The van der Waals surface area contributed by atoms with Crippen molar-refractivity contribution in [3.63, 3.8) is 0 Å². The third-order valence-electron chi connectivity index (χ3n) is 1.58. The number of hydrogen-bond acceptors (Lipinski definition) is 2. The highest BCUT2D eigenvalue weighted by Gasteiger charge is 1.92. The topological polar surface area (TPSA) is 25.8 Å². The Labute approximate surface area is 66.3 Å². The fourth-order valence-electron chi connectivity index (χ4n) is 1.03. The van der Waals surface area contributed by atoms with Crippen molar-refractivity contribution < 1.29 is 1.37 Å². The third-order valence-corrected chi connectivity index (χ3v) is 1.58. The van der Waals surface area contributed by atoms with Crippen LogP contribution in [0.15, 0.2) is 30.6 Å². The van der Waals surface area contributed by atoms with Crippen LogP contribution in [-0.4, -0.2) is 9.97 Å². The van der Waals surface area contributed by atoms with Crippen LogP contribution in [-0.2, 0) is 0 Å². The van der Waals surface area contributed by atoms with Gasteiger partial charge in [0.1, 0.15) is 0 Å². The number of benzene rings is 1. The summed E-state index contributed by atoms with van der Waals surface area (Å²) in [5, 5.41) is 0. The molecule has 2 rings (SSSR count). The minimum Gasteiger partial charge on any atom is -0.253 e. The lowest BCUT2D eigenvalue weighted by molar-refractivity contribution is 1.28. The maximum absolute atomic E-state index is 7.27. The quantitative estimate of drug-likeness (QED) is 0.566. The van der Waals surface area contributed by atoms with E-state index in [0.29, 0.717) is 0 Å². The zero-order valence-corrected chi connectivity index (χ0v) is 6.20. The van der Waals surface area contributed by atoms with Gasteiger partial charge in [0.15, 0.2) is 0 Å². The van der Waals surface area contributed by atoms with Crippen molar-refractivity contribution in [3.05, 3.63) is 36.1 Å². The summed E-state index contributed by atoms with van der Waals surface area (Å²) in [7, 11) is 0. The van der Waals surface area contributed by atoms with Crippen LogP contribution in [0.1, 0.15) is 6.93 Å². The standard InChI is InChI=1S/C9H8N2/c1-7-2-3-8-9(6-7)11-5-4-10-8/h2-6H,1H3/i5D. The molecule has 0 amide bonds. The lowest BCUT2D eigenvalue weighted by atomic mass is 10.2. The van der Waals surface area contributed by atoms with Gasteiger partial charge in [-0.05, 0) is 24.6 Å². The summed E-state index contributed by atoms with van der Waals surface area (Å²) in [6.07, 6.45) is 1.67. The lowest BCUT2D eigenvalue weighted by Gasteiger charge is -1.95. The molecule has 0 aliphatic heterocycles. The van der Waals surface area contributed by atoms with Crippen LogP contribution in [0, 0.1) is 6.92 Å². The number of fused-ring (bicyclic) bond motifs is 1. The molecule has 2 aromatic rings. The van der Waals surface area contributed by atoms with Gasteiger partial charge in [-0.2, -0.15) is 0 Å². The van der Waals surface area contributed by atoms with E-state index in [1.165, 1.54) is 6.20 Å². The minimum absolute atomic E-state index is 0.216. The fraction of sp³-hybridized carbons (Fsp3) is 0.111. The van der Waals surface area contributed by atoms with Crippen molar-refractivity contribution in [1.29, 1.82) is 0 Å². The Hall–Kier alpha value is -1.44. The zero-order chi connectivity index (χ0) is 8.55. The van der Waals surface area contributed by atoms with E-state index in [2.05, 4.69) is 9.97 Å². The maximum atomic E-state index is 7.27. The molecule has 0 radical (unpaired) electrons. The van der Waals surface area contributed by atoms with Gasteiger partial charge >= 0.3 is 0 Å². The number of nitrogens with zero attached hydrogens (tertiary/aromatic N) is 2. The molecule has 0 saturated carbocycles. The summed E-state index contributed by atoms with van der Waals surface area (Å²) < 4.78 is 7.27. The van der Waals surface area contributed by atoms with Crippen LogP contribution in [0.2, 0.25) is 0 Å². The van der Waals surface area contributed by atoms with Crippen molar-refractivity contribution >= 4 is 11.0 Å². The molecule has 0 spiro atoms. The molecule has 0 N–H and O–H groups in total. The van der Waals surface area contributed by atoms with Crippen LogP contribution < -0.4 is 0 Å². The Morgan fingerprint density at radius 3 is 3.09 bits per heavy atom.